The Morgan fingerprint density at radius 3 is 2.28 bits per heavy atom. The summed E-state index contributed by atoms with van der Waals surface area (Å²) in [5.41, 5.74) is 6.05. The number of benzene rings is 2. The van der Waals surface area contributed by atoms with E-state index in [1.807, 2.05) is 45.9 Å². The van der Waals surface area contributed by atoms with E-state index in [0.717, 1.165) is 29.7 Å². The topological polar surface area (TPSA) is 35.5 Å². The van der Waals surface area contributed by atoms with Crippen molar-refractivity contribution < 1.29 is 14.3 Å². The Morgan fingerprint density at radius 1 is 0.966 bits per heavy atom. The molecule has 1 aliphatic carbocycles. The summed E-state index contributed by atoms with van der Waals surface area (Å²) in [4.78, 5) is 11.6. The molecule has 2 aromatic rings. The number of fused-ring (bicyclic) bond motifs is 2. The van der Waals surface area contributed by atoms with E-state index >= 15 is 0 Å². The van der Waals surface area contributed by atoms with Gasteiger partial charge in [-0.15, -0.1) is 0 Å². The predicted octanol–water partition coefficient (Wildman–Crippen LogP) is 6.40. The van der Waals surface area contributed by atoms with Crippen molar-refractivity contribution in [2.75, 3.05) is 13.7 Å². The lowest BCUT2D eigenvalue weighted by Gasteiger charge is -2.12. The zero-order chi connectivity index (χ0) is 21.6. The Labute approximate surface area is 176 Å². The van der Waals surface area contributed by atoms with E-state index in [1.165, 1.54) is 22.8 Å². The standard InChI is InChI=1S/C22H22O3.2C2H6/c1-3-25-22(23)10-6-9-20-19-8-5-4-7-16(19)11-12-17-13-14-18(24-2)15-21(17)20;2*1-2/h4-10,13-15H,3,11-12H2,1-2H3;2*1-2H3/b10-6-,20-9?;;. The highest BCUT2D eigenvalue weighted by atomic mass is 16.5. The Kier molecular flexibility index (Phi) is 11.2. The van der Waals surface area contributed by atoms with Gasteiger partial charge in [-0.25, -0.2) is 4.79 Å². The number of hydrogen-bond donors (Lipinski definition) is 0. The van der Waals surface area contributed by atoms with E-state index in [9.17, 15) is 4.79 Å². The van der Waals surface area contributed by atoms with Gasteiger partial charge in [0, 0.05) is 6.08 Å². The maximum atomic E-state index is 11.6. The minimum atomic E-state index is -0.327. The summed E-state index contributed by atoms with van der Waals surface area (Å²) in [6.07, 6.45) is 7.19. The van der Waals surface area contributed by atoms with Crippen LogP contribution in [0.15, 0.2) is 60.7 Å². The third-order valence-electron chi connectivity index (χ3n) is 4.36. The first kappa shape index (κ1) is 24.2. The Hall–Kier alpha value is -2.81. The van der Waals surface area contributed by atoms with Crippen LogP contribution in [0.2, 0.25) is 0 Å². The molecule has 0 aromatic heterocycles. The van der Waals surface area contributed by atoms with Crippen LogP contribution in [0.1, 0.15) is 56.9 Å². The molecule has 0 N–H and O–H groups in total. The van der Waals surface area contributed by atoms with E-state index in [1.54, 1.807) is 20.1 Å². The molecule has 0 bridgehead atoms. The first-order valence-corrected chi connectivity index (χ1v) is 10.5. The zero-order valence-corrected chi connectivity index (χ0v) is 18.6. The number of rotatable bonds is 4. The number of hydrogen-bond acceptors (Lipinski definition) is 3. The van der Waals surface area contributed by atoms with E-state index in [2.05, 4.69) is 30.3 Å². The van der Waals surface area contributed by atoms with Crippen LogP contribution in [0.5, 0.6) is 5.75 Å². The van der Waals surface area contributed by atoms with Crippen molar-refractivity contribution in [2.45, 2.75) is 47.5 Å². The van der Waals surface area contributed by atoms with Gasteiger partial charge in [-0.1, -0.05) is 70.2 Å². The van der Waals surface area contributed by atoms with Crippen molar-refractivity contribution in [3.05, 3.63) is 82.9 Å². The minimum Gasteiger partial charge on any atom is -0.497 e. The van der Waals surface area contributed by atoms with Gasteiger partial charge in [0.15, 0.2) is 0 Å². The predicted molar refractivity (Wildman–Crippen MR) is 122 cm³/mol. The molecule has 0 saturated carbocycles. The van der Waals surface area contributed by atoms with Crippen LogP contribution in [0.25, 0.3) is 5.57 Å². The fourth-order valence-electron chi connectivity index (χ4n) is 3.16. The van der Waals surface area contributed by atoms with E-state index in [0.29, 0.717) is 6.61 Å². The van der Waals surface area contributed by atoms with Crippen LogP contribution in [-0.2, 0) is 22.4 Å². The number of carbonyl (C=O) groups is 1. The second kappa shape index (κ2) is 13.4. The molecule has 156 valence electrons. The third kappa shape index (κ3) is 6.63. The summed E-state index contributed by atoms with van der Waals surface area (Å²) in [5.74, 6) is 0.505. The van der Waals surface area contributed by atoms with Gasteiger partial charge in [0.05, 0.1) is 13.7 Å². The largest absolute Gasteiger partial charge is 0.497 e. The molecule has 3 heteroatoms. The molecule has 29 heavy (non-hydrogen) atoms. The second-order valence-corrected chi connectivity index (χ2v) is 5.87. The third-order valence-corrected chi connectivity index (χ3v) is 4.36. The van der Waals surface area contributed by atoms with Crippen molar-refractivity contribution >= 4 is 11.5 Å². The zero-order valence-electron chi connectivity index (χ0n) is 18.6. The molecule has 0 unspecified atom stereocenters. The van der Waals surface area contributed by atoms with Gasteiger partial charge in [-0.3, -0.25) is 0 Å². The average molecular weight is 395 g/mol. The SMILES string of the molecule is CC.CC.CCOC(=O)/C=C\C=C1c2ccccc2CCc2ccc(OC)cc21. The number of carbonyl (C=O) groups excluding carboxylic acids is 1. The van der Waals surface area contributed by atoms with Crippen LogP contribution in [0.3, 0.4) is 0 Å². The van der Waals surface area contributed by atoms with Gasteiger partial charge in [0.1, 0.15) is 5.75 Å². The van der Waals surface area contributed by atoms with Crippen LogP contribution >= 0.6 is 0 Å². The first-order valence-electron chi connectivity index (χ1n) is 10.5. The molecule has 1 aliphatic rings. The maximum absolute atomic E-state index is 11.6. The highest BCUT2D eigenvalue weighted by molar-refractivity contribution is 5.87. The highest BCUT2D eigenvalue weighted by Crippen LogP contribution is 2.35. The number of esters is 1. The first-order chi connectivity index (χ1) is 14.2. The van der Waals surface area contributed by atoms with Gasteiger partial charge >= 0.3 is 5.97 Å². The number of allylic oxidation sites excluding steroid dienone is 2. The second-order valence-electron chi connectivity index (χ2n) is 5.87. The Balaban J connectivity index is 0.000000989. The lowest BCUT2D eigenvalue weighted by Crippen LogP contribution is -1.98. The highest BCUT2D eigenvalue weighted by Gasteiger charge is 2.18. The van der Waals surface area contributed by atoms with Crippen molar-refractivity contribution in [1.82, 2.24) is 0 Å². The van der Waals surface area contributed by atoms with Crippen molar-refractivity contribution in [3.8, 4) is 5.75 Å². The normalized spacial score (nSPS) is 13.1. The van der Waals surface area contributed by atoms with Crippen molar-refractivity contribution in [3.63, 3.8) is 0 Å². The fraction of sp³-hybridized carbons (Fsp3) is 0.346. The van der Waals surface area contributed by atoms with Gasteiger partial charge in [0.25, 0.3) is 0 Å². The van der Waals surface area contributed by atoms with Crippen LogP contribution < -0.4 is 4.74 Å². The maximum Gasteiger partial charge on any atom is 0.330 e. The van der Waals surface area contributed by atoms with E-state index in [-0.39, 0.29) is 5.97 Å². The van der Waals surface area contributed by atoms with Crippen LogP contribution in [0, 0.1) is 0 Å². The smallest absolute Gasteiger partial charge is 0.330 e. The molecule has 0 aliphatic heterocycles. The van der Waals surface area contributed by atoms with Gasteiger partial charge in [-0.05, 0) is 59.7 Å². The quantitative estimate of drug-likeness (QED) is 0.445. The molecule has 0 radical (unpaired) electrons. The van der Waals surface area contributed by atoms with Gasteiger partial charge in [-0.2, -0.15) is 0 Å². The Bertz CT molecular complexity index is 832. The Morgan fingerprint density at radius 2 is 1.62 bits per heavy atom. The molecule has 2 aromatic carbocycles. The summed E-state index contributed by atoms with van der Waals surface area (Å²) in [6, 6.07) is 14.6. The number of ether oxygens (including phenoxy) is 2. The summed E-state index contributed by atoms with van der Waals surface area (Å²) in [7, 11) is 1.68. The molecule has 0 fully saturated rings. The van der Waals surface area contributed by atoms with Crippen molar-refractivity contribution in [1.29, 1.82) is 0 Å². The minimum absolute atomic E-state index is 0.327. The monoisotopic (exact) mass is 394 g/mol. The average Bonchev–Trinajstić information content (AvgIpc) is 2.93. The van der Waals surface area contributed by atoms with Crippen molar-refractivity contribution in [2.24, 2.45) is 0 Å². The lowest BCUT2D eigenvalue weighted by molar-refractivity contribution is -0.137. The summed E-state index contributed by atoms with van der Waals surface area (Å²) >= 11 is 0. The van der Waals surface area contributed by atoms with Crippen LogP contribution in [0.4, 0.5) is 0 Å². The molecule has 0 heterocycles. The molecule has 0 saturated heterocycles. The van der Waals surface area contributed by atoms with E-state index in [4.69, 9.17) is 9.47 Å². The number of methoxy groups -OCH3 is 1. The van der Waals surface area contributed by atoms with Gasteiger partial charge < -0.3 is 9.47 Å². The molecule has 0 atom stereocenters. The van der Waals surface area contributed by atoms with E-state index < -0.39 is 0 Å². The van der Waals surface area contributed by atoms with Gasteiger partial charge in [0.2, 0.25) is 0 Å². The summed E-state index contributed by atoms with van der Waals surface area (Å²) in [6.45, 7) is 10.2. The summed E-state index contributed by atoms with van der Waals surface area (Å²) < 4.78 is 10.4. The molecule has 0 spiro atoms. The molecular weight excluding hydrogens is 360 g/mol. The molecule has 0 amide bonds. The lowest BCUT2D eigenvalue weighted by atomic mass is 9.93. The molecule has 3 rings (SSSR count). The molecular formula is C26H34O3. The number of aryl methyl sites for hydroxylation is 2. The van der Waals surface area contributed by atoms with Crippen LogP contribution in [-0.4, -0.2) is 19.7 Å². The molecule has 3 nitrogen and oxygen atoms in total. The summed E-state index contributed by atoms with van der Waals surface area (Å²) in [5, 5.41) is 0. The fourth-order valence-corrected chi connectivity index (χ4v) is 3.16.